The van der Waals surface area contributed by atoms with Crippen molar-refractivity contribution in [2.24, 2.45) is 5.73 Å². The summed E-state index contributed by atoms with van der Waals surface area (Å²) in [6.45, 7) is 2.53. The predicted molar refractivity (Wildman–Crippen MR) is 339 cm³/mol. The highest BCUT2D eigenvalue weighted by Crippen LogP contribution is 2.57. The van der Waals surface area contributed by atoms with Crippen molar-refractivity contribution in [2.75, 3.05) is 47.9 Å². The number of fused-ring (bicyclic) bond motifs is 18. The normalized spacial score (nSPS) is 21.5. The zero-order chi connectivity index (χ0) is 63.4. The average Bonchev–Trinajstić information content (AvgIpc) is 1.60. The number of aliphatic carboxylic acids is 1. The maximum Gasteiger partial charge on any atom is 0.407 e. The molecule has 8 aromatic rings. The zero-order valence-corrected chi connectivity index (χ0v) is 51.4. The Balaban J connectivity index is 0.000000117. The molecule has 19 heteroatoms. The van der Waals surface area contributed by atoms with Gasteiger partial charge in [0.1, 0.15) is 24.8 Å². The predicted octanol–water partition coefficient (Wildman–Crippen LogP) is 9.93. The summed E-state index contributed by atoms with van der Waals surface area (Å²) in [7, 11) is 4.19. The number of rotatable bonds is 10. The summed E-state index contributed by atoms with van der Waals surface area (Å²) < 4.78 is 57.0. The number of carboxylic acid groups (broad SMARTS) is 1. The molecule has 3 aliphatic carbocycles. The molecule has 0 saturated carbocycles. The molecule has 0 radical (unpaired) electrons. The van der Waals surface area contributed by atoms with Crippen molar-refractivity contribution in [3.63, 3.8) is 0 Å². The van der Waals surface area contributed by atoms with E-state index < -0.39 is 42.3 Å². The first kappa shape index (κ1) is 59.5. The summed E-state index contributed by atoms with van der Waals surface area (Å²) in [6.07, 6.45) is 1.04. The maximum atomic E-state index is 13.3. The number of nitrogens with zero attached hydrogens (tertiary/aromatic N) is 2. The SMILES string of the molecule is CN1Cc2c(ccc3c2OCO3)C2C(O)Cc3cc4c(cc3C21)OCO4.CN1Cc2c(ccc3c2OCO3)C2C(OC(=O)C(N)Cc3ccccc3)Cc3cc4c(cc3C21)OCO4.O=C(NC(Cc1ccccc1)C(=O)O)OCC1c2ccccc2Cc2ccccc21. The van der Waals surface area contributed by atoms with Crippen LogP contribution in [0.1, 0.15) is 108 Å². The van der Waals surface area contributed by atoms with Crippen LogP contribution in [0.25, 0.3) is 0 Å². The number of carboxylic acids is 1. The van der Waals surface area contributed by atoms with Crippen LogP contribution < -0.4 is 48.9 Å². The summed E-state index contributed by atoms with van der Waals surface area (Å²) in [4.78, 5) is 41.9. The Morgan fingerprint density at radius 3 is 1.57 bits per heavy atom. The van der Waals surface area contributed by atoms with Gasteiger partial charge in [0.05, 0.1) is 6.10 Å². The van der Waals surface area contributed by atoms with Crippen molar-refractivity contribution in [1.82, 2.24) is 15.1 Å². The number of amides is 1. The molecule has 8 atom stereocenters. The maximum absolute atomic E-state index is 13.3. The van der Waals surface area contributed by atoms with Crippen LogP contribution in [0.4, 0.5) is 4.79 Å². The zero-order valence-electron chi connectivity index (χ0n) is 51.4. The second kappa shape index (κ2) is 25.0. The summed E-state index contributed by atoms with van der Waals surface area (Å²) >= 11 is 0. The molecule has 1 amide bonds. The van der Waals surface area contributed by atoms with Gasteiger partial charge in [-0.1, -0.05) is 121 Å². The quantitative estimate of drug-likeness (QED) is 0.0934. The van der Waals surface area contributed by atoms with Crippen molar-refractivity contribution in [1.29, 1.82) is 0 Å². The molecule has 0 saturated heterocycles. The molecule has 0 aromatic heterocycles. The molecule has 0 fully saturated rings. The van der Waals surface area contributed by atoms with Gasteiger partial charge in [0.2, 0.25) is 27.2 Å². The number of hydrogen-bond donors (Lipinski definition) is 4. The Morgan fingerprint density at radius 2 is 1.01 bits per heavy atom. The molecule has 8 aromatic carbocycles. The van der Waals surface area contributed by atoms with Gasteiger partial charge < -0.3 is 68.6 Å². The number of hydrogen-bond acceptors (Lipinski definition) is 17. The van der Waals surface area contributed by atoms with Crippen LogP contribution in [-0.4, -0.2) is 110 Å². The topological polar surface area (TPSA) is 228 Å². The molecule has 19 nitrogen and oxygen atoms in total. The third kappa shape index (κ3) is 11.4. The number of nitrogens with two attached hydrogens (primary N) is 1. The van der Waals surface area contributed by atoms with E-state index in [1.54, 1.807) is 0 Å². The van der Waals surface area contributed by atoms with E-state index in [1.807, 2.05) is 109 Å². The second-order valence-electron chi connectivity index (χ2n) is 25.0. The fraction of sp³-hybridized carbons (Fsp3) is 0.311. The average molecular weight is 1260 g/mol. The smallest absolute Gasteiger partial charge is 0.407 e. The Kier molecular flexibility index (Phi) is 16.0. The first-order valence-electron chi connectivity index (χ1n) is 31.5. The minimum absolute atomic E-state index is 0.00822. The fourth-order valence-corrected chi connectivity index (χ4v) is 15.2. The van der Waals surface area contributed by atoms with Gasteiger partial charge in [-0.15, -0.1) is 0 Å². The summed E-state index contributed by atoms with van der Waals surface area (Å²) in [5.74, 6) is 4.53. The van der Waals surface area contributed by atoms with Crippen molar-refractivity contribution >= 4 is 18.0 Å². The van der Waals surface area contributed by atoms with Crippen molar-refractivity contribution in [3.8, 4) is 46.0 Å². The second-order valence-corrected chi connectivity index (χ2v) is 25.0. The Labute approximate surface area is 537 Å². The van der Waals surface area contributed by atoms with Crippen molar-refractivity contribution in [2.45, 2.75) is 99.3 Å². The standard InChI is InChI=1S/C29H28N2O6.C25H23NO4.C20H19NO5/c1-31-13-20-18(7-8-22-28(20)36-15-33-22)26-25(37-29(32)21(30)9-16-5-3-2-4-6-16)11-17-10-23-24(35-14-34-23)12-19(17)27(26)31;27-24(28)23(14-17-8-2-1-3-9-17)26-25(29)30-16-22-20-12-6-4-10-18(20)15-19-11-5-7-13-21(19)22;1-21-7-13-11(2-3-15-20(13)26-9-23-15)18-14(22)4-10-5-16-17(25-8-24-16)6-12(10)19(18)21/h2-8,10,12,21,25-27H,9,11,13-15,30H2,1H3;1-13,22-23H,14-16H2,(H,26,29)(H,27,28);2-3,5-6,14,18-19,22H,4,7-9H2,1H3. The van der Waals surface area contributed by atoms with E-state index in [0.29, 0.717) is 25.8 Å². The van der Waals surface area contributed by atoms with Gasteiger partial charge in [-0.05, 0) is 137 Å². The number of esters is 1. The molecule has 6 heterocycles. The first-order chi connectivity index (χ1) is 45.4. The highest BCUT2D eigenvalue weighted by molar-refractivity contribution is 5.80. The fourth-order valence-electron chi connectivity index (χ4n) is 15.2. The van der Waals surface area contributed by atoms with Gasteiger partial charge in [0.25, 0.3) is 0 Å². The largest absolute Gasteiger partial charge is 0.480 e. The van der Waals surface area contributed by atoms with E-state index in [4.69, 9.17) is 53.1 Å². The van der Waals surface area contributed by atoms with Gasteiger partial charge in [0, 0.05) is 66.9 Å². The number of ether oxygens (including phenoxy) is 10. The molecular formula is C74H70N4O15. The van der Waals surface area contributed by atoms with Gasteiger partial charge in [0.15, 0.2) is 46.0 Å². The summed E-state index contributed by atoms with van der Waals surface area (Å²) in [6, 6.07) is 49.9. The molecule has 17 rings (SSSR count). The lowest BCUT2D eigenvalue weighted by atomic mass is 9.70. The number of aliphatic hydroxyl groups excluding tert-OH is 1. The molecule has 0 spiro atoms. The lowest BCUT2D eigenvalue weighted by Gasteiger charge is -2.47. The van der Waals surface area contributed by atoms with E-state index in [0.717, 1.165) is 115 Å². The van der Waals surface area contributed by atoms with E-state index in [1.165, 1.54) is 22.3 Å². The Bertz CT molecular complexity index is 4140. The number of likely N-dealkylation sites (N-methyl/N-ethyl adjacent to an activating group) is 2. The van der Waals surface area contributed by atoms with E-state index >= 15 is 0 Å². The number of benzene rings is 8. The lowest BCUT2D eigenvalue weighted by molar-refractivity contribution is -0.153. The van der Waals surface area contributed by atoms with E-state index in [-0.39, 0.29) is 70.0 Å². The molecule has 6 aliphatic heterocycles. The molecule has 0 bridgehead atoms. The van der Waals surface area contributed by atoms with Crippen LogP contribution in [0.2, 0.25) is 0 Å². The van der Waals surface area contributed by atoms with E-state index in [9.17, 15) is 24.6 Å². The Hall–Kier alpha value is -9.79. The number of alkyl carbamates (subject to hydrolysis) is 1. The third-order valence-electron chi connectivity index (χ3n) is 19.5. The first-order valence-corrected chi connectivity index (χ1v) is 31.5. The van der Waals surface area contributed by atoms with Crippen molar-refractivity contribution < 1.29 is 72.0 Å². The number of carbonyl (C=O) groups is 3. The summed E-state index contributed by atoms with van der Waals surface area (Å²) in [5.41, 5.74) is 22.0. The van der Waals surface area contributed by atoms with Crippen LogP contribution in [-0.2, 0) is 64.3 Å². The van der Waals surface area contributed by atoms with Crippen LogP contribution in [0.5, 0.6) is 46.0 Å². The van der Waals surface area contributed by atoms with Crippen molar-refractivity contribution in [3.05, 3.63) is 236 Å². The van der Waals surface area contributed by atoms with Gasteiger partial charge in [-0.2, -0.15) is 0 Å². The molecule has 9 aliphatic rings. The van der Waals surface area contributed by atoms with Crippen LogP contribution >= 0.6 is 0 Å². The highest BCUT2D eigenvalue weighted by Gasteiger charge is 2.49. The summed E-state index contributed by atoms with van der Waals surface area (Å²) in [5, 5.41) is 23.0. The number of nitrogens with one attached hydrogen (secondary N) is 1. The number of aliphatic hydroxyl groups is 1. The third-order valence-corrected chi connectivity index (χ3v) is 19.5. The minimum Gasteiger partial charge on any atom is -0.480 e. The molecule has 5 N–H and O–H groups in total. The van der Waals surface area contributed by atoms with Crippen LogP contribution in [0, 0.1) is 0 Å². The van der Waals surface area contributed by atoms with Gasteiger partial charge in [-0.25, -0.2) is 9.59 Å². The highest BCUT2D eigenvalue weighted by atomic mass is 16.7. The van der Waals surface area contributed by atoms with Crippen LogP contribution in [0.3, 0.4) is 0 Å². The molecule has 8 unspecified atom stereocenters. The monoisotopic (exact) mass is 1250 g/mol. The van der Waals surface area contributed by atoms with Gasteiger partial charge in [-0.3, -0.25) is 14.6 Å². The molecule has 476 valence electrons. The molecular weight excluding hydrogens is 1180 g/mol. The van der Waals surface area contributed by atoms with Gasteiger partial charge >= 0.3 is 18.0 Å². The Morgan fingerprint density at radius 1 is 0.538 bits per heavy atom. The number of carbonyl (C=O) groups excluding carboxylic acids is 2. The molecule has 93 heavy (non-hydrogen) atoms. The lowest BCUT2D eigenvalue weighted by Crippen LogP contribution is -2.47. The van der Waals surface area contributed by atoms with Crippen LogP contribution in [0.15, 0.2) is 158 Å². The van der Waals surface area contributed by atoms with E-state index in [2.05, 4.69) is 77.7 Å². The minimum atomic E-state index is -1.09.